The lowest BCUT2D eigenvalue weighted by molar-refractivity contribution is 0.105. The standard InChI is InChI=1S/C15H21N3O2/c1-15(2,3)12(16)13-17-14(20-18-13)11(19-4)10-8-6-5-7-9-10/h5-9,11-12H,16H2,1-4H3. The number of nitrogens with two attached hydrogens (primary N) is 1. The molecule has 5 nitrogen and oxygen atoms in total. The Morgan fingerprint density at radius 3 is 2.40 bits per heavy atom. The van der Waals surface area contributed by atoms with Crippen LogP contribution in [-0.4, -0.2) is 17.3 Å². The second-order valence-electron chi connectivity index (χ2n) is 5.86. The number of hydrogen-bond donors (Lipinski definition) is 1. The molecule has 0 spiro atoms. The largest absolute Gasteiger partial charge is 0.367 e. The number of methoxy groups -OCH3 is 1. The van der Waals surface area contributed by atoms with Gasteiger partial charge in [0.15, 0.2) is 11.9 Å². The second kappa shape index (κ2) is 5.73. The molecule has 20 heavy (non-hydrogen) atoms. The summed E-state index contributed by atoms with van der Waals surface area (Å²) in [6.07, 6.45) is -0.371. The molecule has 0 aliphatic rings. The minimum absolute atomic E-state index is 0.129. The van der Waals surface area contributed by atoms with Gasteiger partial charge in [0.1, 0.15) is 0 Å². The second-order valence-corrected chi connectivity index (χ2v) is 5.86. The van der Waals surface area contributed by atoms with Crippen LogP contribution in [0.2, 0.25) is 0 Å². The van der Waals surface area contributed by atoms with E-state index in [1.54, 1.807) is 7.11 Å². The van der Waals surface area contributed by atoms with Crippen molar-refractivity contribution < 1.29 is 9.26 Å². The SMILES string of the molecule is COC(c1ccccc1)c1nc(C(N)C(C)(C)C)no1. The van der Waals surface area contributed by atoms with Crippen molar-refractivity contribution in [1.82, 2.24) is 10.1 Å². The van der Waals surface area contributed by atoms with Gasteiger partial charge in [0, 0.05) is 7.11 Å². The first-order valence-corrected chi connectivity index (χ1v) is 6.60. The number of benzene rings is 1. The minimum Gasteiger partial charge on any atom is -0.367 e. The van der Waals surface area contributed by atoms with Crippen LogP contribution in [0.3, 0.4) is 0 Å². The number of ether oxygens (including phenoxy) is 1. The van der Waals surface area contributed by atoms with Gasteiger partial charge in [-0.05, 0) is 11.0 Å². The summed E-state index contributed by atoms with van der Waals surface area (Å²) < 4.78 is 10.8. The molecular formula is C15H21N3O2. The Morgan fingerprint density at radius 2 is 1.85 bits per heavy atom. The fraction of sp³-hybridized carbons (Fsp3) is 0.467. The summed E-state index contributed by atoms with van der Waals surface area (Å²) >= 11 is 0. The topological polar surface area (TPSA) is 74.2 Å². The highest BCUT2D eigenvalue weighted by Gasteiger charge is 2.29. The van der Waals surface area contributed by atoms with Crippen LogP contribution in [0.25, 0.3) is 0 Å². The zero-order chi connectivity index (χ0) is 14.8. The number of nitrogens with zero attached hydrogens (tertiary/aromatic N) is 2. The molecule has 0 saturated heterocycles. The van der Waals surface area contributed by atoms with Crippen molar-refractivity contribution in [3.05, 3.63) is 47.6 Å². The third kappa shape index (κ3) is 3.05. The van der Waals surface area contributed by atoms with E-state index in [9.17, 15) is 0 Å². The van der Waals surface area contributed by atoms with Gasteiger partial charge in [-0.2, -0.15) is 4.98 Å². The fourth-order valence-corrected chi connectivity index (χ4v) is 1.87. The molecule has 2 atom stereocenters. The Morgan fingerprint density at radius 1 is 1.20 bits per heavy atom. The molecule has 0 aliphatic carbocycles. The third-order valence-corrected chi connectivity index (χ3v) is 3.23. The maximum atomic E-state index is 6.14. The summed E-state index contributed by atoms with van der Waals surface area (Å²) in [5.74, 6) is 0.930. The molecule has 0 radical (unpaired) electrons. The van der Waals surface area contributed by atoms with Crippen LogP contribution in [0.1, 0.15) is 50.2 Å². The summed E-state index contributed by atoms with van der Waals surface area (Å²) in [5, 5.41) is 3.99. The van der Waals surface area contributed by atoms with Gasteiger partial charge in [-0.1, -0.05) is 56.3 Å². The van der Waals surface area contributed by atoms with E-state index in [0.717, 1.165) is 5.56 Å². The number of rotatable bonds is 4. The van der Waals surface area contributed by atoms with Crippen LogP contribution in [0.4, 0.5) is 0 Å². The lowest BCUT2D eigenvalue weighted by Gasteiger charge is -2.23. The molecule has 2 unspecified atom stereocenters. The predicted molar refractivity (Wildman–Crippen MR) is 76.0 cm³/mol. The maximum absolute atomic E-state index is 6.14. The lowest BCUT2D eigenvalue weighted by Crippen LogP contribution is -2.27. The maximum Gasteiger partial charge on any atom is 0.260 e. The van der Waals surface area contributed by atoms with Crippen molar-refractivity contribution in [2.24, 2.45) is 11.1 Å². The molecule has 0 bridgehead atoms. The Bertz CT molecular complexity index is 546. The molecule has 2 N–H and O–H groups in total. The minimum atomic E-state index is -0.371. The van der Waals surface area contributed by atoms with E-state index >= 15 is 0 Å². The van der Waals surface area contributed by atoms with E-state index < -0.39 is 0 Å². The lowest BCUT2D eigenvalue weighted by atomic mass is 9.87. The van der Waals surface area contributed by atoms with E-state index in [1.165, 1.54) is 0 Å². The Labute approximate surface area is 119 Å². The van der Waals surface area contributed by atoms with Crippen LogP contribution >= 0.6 is 0 Å². The molecular weight excluding hydrogens is 254 g/mol. The summed E-state index contributed by atoms with van der Waals surface area (Å²) in [6.45, 7) is 6.12. The van der Waals surface area contributed by atoms with Crippen LogP contribution in [0.5, 0.6) is 0 Å². The molecule has 0 amide bonds. The van der Waals surface area contributed by atoms with Gasteiger partial charge in [-0.15, -0.1) is 0 Å². The molecule has 1 aromatic carbocycles. The van der Waals surface area contributed by atoms with Crippen LogP contribution in [0, 0.1) is 5.41 Å². The van der Waals surface area contributed by atoms with Crippen molar-refractivity contribution in [1.29, 1.82) is 0 Å². The quantitative estimate of drug-likeness (QED) is 0.928. The molecule has 5 heteroatoms. The molecule has 0 aliphatic heterocycles. The first kappa shape index (κ1) is 14.7. The van der Waals surface area contributed by atoms with Crippen LogP contribution in [0.15, 0.2) is 34.9 Å². The van der Waals surface area contributed by atoms with Gasteiger partial charge in [0.2, 0.25) is 0 Å². The molecule has 2 aromatic rings. The predicted octanol–water partition coefficient (Wildman–Crippen LogP) is 2.85. The average Bonchev–Trinajstić information content (AvgIpc) is 2.88. The van der Waals surface area contributed by atoms with E-state index in [1.807, 2.05) is 51.1 Å². The zero-order valence-electron chi connectivity index (χ0n) is 12.3. The third-order valence-electron chi connectivity index (χ3n) is 3.23. The Balaban J connectivity index is 2.27. The number of hydrogen-bond acceptors (Lipinski definition) is 5. The summed E-state index contributed by atoms with van der Waals surface area (Å²) in [6, 6.07) is 9.47. The van der Waals surface area contributed by atoms with Crippen LogP contribution in [-0.2, 0) is 4.74 Å². The molecule has 1 aromatic heterocycles. The van der Waals surface area contributed by atoms with Crippen molar-refractivity contribution in [3.63, 3.8) is 0 Å². The van der Waals surface area contributed by atoms with Gasteiger partial charge >= 0.3 is 0 Å². The van der Waals surface area contributed by atoms with Gasteiger partial charge in [-0.3, -0.25) is 0 Å². The van der Waals surface area contributed by atoms with E-state index in [2.05, 4.69) is 10.1 Å². The van der Waals surface area contributed by atoms with Crippen LogP contribution < -0.4 is 5.73 Å². The van der Waals surface area contributed by atoms with Gasteiger partial charge < -0.3 is 15.0 Å². The number of aromatic nitrogens is 2. The first-order chi connectivity index (χ1) is 9.43. The fourth-order valence-electron chi connectivity index (χ4n) is 1.87. The monoisotopic (exact) mass is 275 g/mol. The Hall–Kier alpha value is -1.72. The van der Waals surface area contributed by atoms with Crippen molar-refractivity contribution in [2.45, 2.75) is 32.9 Å². The smallest absolute Gasteiger partial charge is 0.260 e. The molecule has 1 heterocycles. The molecule has 2 rings (SSSR count). The summed E-state index contributed by atoms with van der Waals surface area (Å²) in [7, 11) is 1.62. The molecule has 0 fully saturated rings. The zero-order valence-corrected chi connectivity index (χ0v) is 12.3. The van der Waals surface area contributed by atoms with E-state index in [4.69, 9.17) is 15.0 Å². The van der Waals surface area contributed by atoms with Gasteiger partial charge in [-0.25, -0.2) is 0 Å². The molecule has 108 valence electrons. The van der Waals surface area contributed by atoms with E-state index in [0.29, 0.717) is 11.7 Å². The normalized spacial score (nSPS) is 15.1. The van der Waals surface area contributed by atoms with Gasteiger partial charge in [0.05, 0.1) is 6.04 Å². The highest BCUT2D eigenvalue weighted by Crippen LogP contribution is 2.30. The van der Waals surface area contributed by atoms with E-state index in [-0.39, 0.29) is 17.6 Å². The van der Waals surface area contributed by atoms with Gasteiger partial charge in [0.25, 0.3) is 5.89 Å². The Kier molecular flexibility index (Phi) is 4.20. The summed E-state index contributed by atoms with van der Waals surface area (Å²) in [4.78, 5) is 4.40. The summed E-state index contributed by atoms with van der Waals surface area (Å²) in [5.41, 5.74) is 6.98. The first-order valence-electron chi connectivity index (χ1n) is 6.60. The highest BCUT2D eigenvalue weighted by atomic mass is 16.5. The highest BCUT2D eigenvalue weighted by molar-refractivity contribution is 5.22. The van der Waals surface area contributed by atoms with Crippen molar-refractivity contribution >= 4 is 0 Å². The van der Waals surface area contributed by atoms with Crippen molar-refractivity contribution in [2.75, 3.05) is 7.11 Å². The van der Waals surface area contributed by atoms with Crippen molar-refractivity contribution in [3.8, 4) is 0 Å². The average molecular weight is 275 g/mol. The molecule has 0 saturated carbocycles.